The summed E-state index contributed by atoms with van der Waals surface area (Å²) < 4.78 is 0. The van der Waals surface area contributed by atoms with Gasteiger partial charge in [0.1, 0.15) is 0 Å². The van der Waals surface area contributed by atoms with Crippen molar-refractivity contribution in [2.75, 3.05) is 31.5 Å². The van der Waals surface area contributed by atoms with Gasteiger partial charge in [0.25, 0.3) is 5.91 Å². The van der Waals surface area contributed by atoms with E-state index in [0.29, 0.717) is 36.7 Å². The van der Waals surface area contributed by atoms with Gasteiger partial charge in [-0.1, -0.05) is 6.07 Å². The Morgan fingerprint density at radius 2 is 1.70 bits per heavy atom. The zero-order valence-corrected chi connectivity index (χ0v) is 16.3. The first-order valence-electron chi connectivity index (χ1n) is 9.89. The number of carbonyl (C=O) groups excluding carboxylic acids is 3. The standard InChI is InChI=1S/C21H29N3O3/c1-15-5-6-18(14-19(15)22-16(2)25)21(27)24-11-7-17(8-12-24)13-20(26)23-9-3-4-10-23/h5-6,14,17H,3-4,7-13H2,1-2H3,(H,22,25). The Kier molecular flexibility index (Phi) is 6.14. The maximum absolute atomic E-state index is 12.8. The summed E-state index contributed by atoms with van der Waals surface area (Å²) in [4.78, 5) is 40.3. The Labute approximate surface area is 160 Å². The molecule has 2 aliphatic rings. The molecule has 1 N–H and O–H groups in total. The lowest BCUT2D eigenvalue weighted by atomic mass is 9.92. The van der Waals surface area contributed by atoms with Crippen molar-refractivity contribution in [3.63, 3.8) is 0 Å². The van der Waals surface area contributed by atoms with Gasteiger partial charge in [-0.2, -0.15) is 0 Å². The van der Waals surface area contributed by atoms with E-state index in [2.05, 4.69) is 5.32 Å². The molecule has 0 radical (unpaired) electrons. The SMILES string of the molecule is CC(=O)Nc1cc(C(=O)N2CCC(CC(=O)N3CCCC3)CC2)ccc1C. The Hall–Kier alpha value is -2.37. The second-order valence-electron chi connectivity index (χ2n) is 7.74. The summed E-state index contributed by atoms with van der Waals surface area (Å²) in [6.45, 7) is 6.53. The fraction of sp³-hybridized carbons (Fsp3) is 0.571. The van der Waals surface area contributed by atoms with Crippen LogP contribution in [0.25, 0.3) is 0 Å². The average Bonchev–Trinajstić information content (AvgIpc) is 3.18. The molecule has 6 heteroatoms. The predicted octanol–water partition coefficient (Wildman–Crippen LogP) is 2.82. The number of benzene rings is 1. The van der Waals surface area contributed by atoms with Crippen molar-refractivity contribution < 1.29 is 14.4 Å². The summed E-state index contributed by atoms with van der Waals surface area (Å²) in [5.41, 5.74) is 2.20. The Bertz CT molecular complexity index is 717. The molecule has 0 aliphatic carbocycles. The van der Waals surface area contributed by atoms with Crippen molar-refractivity contribution in [3.05, 3.63) is 29.3 Å². The largest absolute Gasteiger partial charge is 0.343 e. The van der Waals surface area contributed by atoms with Crippen LogP contribution < -0.4 is 5.32 Å². The molecule has 0 unspecified atom stereocenters. The number of aryl methyl sites for hydroxylation is 1. The van der Waals surface area contributed by atoms with Gasteiger partial charge in [0, 0.05) is 50.8 Å². The maximum atomic E-state index is 12.8. The van der Waals surface area contributed by atoms with Crippen LogP contribution in [0.5, 0.6) is 0 Å². The van der Waals surface area contributed by atoms with Gasteiger partial charge >= 0.3 is 0 Å². The molecular formula is C21H29N3O3. The molecular weight excluding hydrogens is 342 g/mol. The average molecular weight is 371 g/mol. The lowest BCUT2D eigenvalue weighted by Crippen LogP contribution is -2.40. The number of piperidine rings is 1. The molecule has 3 amide bonds. The van der Waals surface area contributed by atoms with Gasteiger partial charge in [0.15, 0.2) is 0 Å². The maximum Gasteiger partial charge on any atom is 0.253 e. The molecule has 0 spiro atoms. The lowest BCUT2D eigenvalue weighted by Gasteiger charge is -2.32. The van der Waals surface area contributed by atoms with Crippen LogP contribution in [0.1, 0.15) is 54.9 Å². The van der Waals surface area contributed by atoms with Crippen LogP contribution in [-0.2, 0) is 9.59 Å². The minimum atomic E-state index is -0.147. The first-order chi connectivity index (χ1) is 12.9. The normalized spacial score (nSPS) is 17.9. The summed E-state index contributed by atoms with van der Waals surface area (Å²) in [5.74, 6) is 0.489. The number of nitrogens with zero attached hydrogens (tertiary/aromatic N) is 2. The molecule has 1 aromatic carbocycles. The van der Waals surface area contributed by atoms with E-state index in [-0.39, 0.29) is 17.7 Å². The van der Waals surface area contributed by atoms with E-state index in [0.717, 1.165) is 44.3 Å². The highest BCUT2D eigenvalue weighted by Gasteiger charge is 2.27. The molecule has 3 rings (SSSR count). The quantitative estimate of drug-likeness (QED) is 0.885. The number of hydrogen-bond acceptors (Lipinski definition) is 3. The van der Waals surface area contributed by atoms with Crippen molar-refractivity contribution in [1.82, 2.24) is 9.80 Å². The first kappa shape index (κ1) is 19.4. The van der Waals surface area contributed by atoms with Gasteiger partial charge in [-0.3, -0.25) is 14.4 Å². The highest BCUT2D eigenvalue weighted by molar-refractivity contribution is 5.97. The summed E-state index contributed by atoms with van der Waals surface area (Å²) in [6.07, 6.45) is 4.59. The Balaban J connectivity index is 1.55. The molecule has 6 nitrogen and oxygen atoms in total. The van der Waals surface area contributed by atoms with Crippen LogP contribution in [-0.4, -0.2) is 53.7 Å². The van der Waals surface area contributed by atoms with Crippen LogP contribution in [0.3, 0.4) is 0 Å². The summed E-state index contributed by atoms with van der Waals surface area (Å²) >= 11 is 0. The smallest absolute Gasteiger partial charge is 0.253 e. The van der Waals surface area contributed by atoms with Gasteiger partial charge in [-0.05, 0) is 56.2 Å². The molecule has 0 aromatic heterocycles. The van der Waals surface area contributed by atoms with Crippen LogP contribution >= 0.6 is 0 Å². The van der Waals surface area contributed by atoms with Crippen molar-refractivity contribution >= 4 is 23.4 Å². The minimum absolute atomic E-state index is 0.00841. The molecule has 27 heavy (non-hydrogen) atoms. The summed E-state index contributed by atoms with van der Waals surface area (Å²) in [6, 6.07) is 5.42. The van der Waals surface area contributed by atoms with Crippen molar-refractivity contribution in [1.29, 1.82) is 0 Å². The van der Waals surface area contributed by atoms with Crippen molar-refractivity contribution in [2.24, 2.45) is 5.92 Å². The third-order valence-electron chi connectivity index (χ3n) is 5.62. The van der Waals surface area contributed by atoms with Gasteiger partial charge in [-0.15, -0.1) is 0 Å². The van der Waals surface area contributed by atoms with Gasteiger partial charge < -0.3 is 15.1 Å². The topological polar surface area (TPSA) is 69.7 Å². The van der Waals surface area contributed by atoms with E-state index in [1.807, 2.05) is 28.9 Å². The summed E-state index contributed by atoms with van der Waals surface area (Å²) in [7, 11) is 0. The molecule has 146 valence electrons. The van der Waals surface area contributed by atoms with Crippen LogP contribution in [0, 0.1) is 12.8 Å². The molecule has 1 aromatic rings. The number of rotatable bonds is 4. The zero-order valence-electron chi connectivity index (χ0n) is 16.3. The fourth-order valence-corrected chi connectivity index (χ4v) is 3.94. The molecule has 0 bridgehead atoms. The van der Waals surface area contributed by atoms with E-state index in [9.17, 15) is 14.4 Å². The minimum Gasteiger partial charge on any atom is -0.343 e. The highest BCUT2D eigenvalue weighted by Crippen LogP contribution is 2.25. The third kappa shape index (κ3) is 4.87. The molecule has 2 fully saturated rings. The van der Waals surface area contributed by atoms with Crippen LogP contribution in [0.4, 0.5) is 5.69 Å². The Morgan fingerprint density at radius 1 is 1.04 bits per heavy atom. The number of anilines is 1. The van der Waals surface area contributed by atoms with Crippen LogP contribution in [0.15, 0.2) is 18.2 Å². The van der Waals surface area contributed by atoms with E-state index in [1.165, 1.54) is 6.92 Å². The number of likely N-dealkylation sites (tertiary alicyclic amines) is 2. The predicted molar refractivity (Wildman–Crippen MR) is 105 cm³/mol. The van der Waals surface area contributed by atoms with Gasteiger partial charge in [-0.25, -0.2) is 0 Å². The Morgan fingerprint density at radius 3 is 2.33 bits per heavy atom. The van der Waals surface area contributed by atoms with E-state index < -0.39 is 0 Å². The number of nitrogens with one attached hydrogen (secondary N) is 1. The van der Waals surface area contributed by atoms with Gasteiger partial charge in [0.05, 0.1) is 0 Å². The monoisotopic (exact) mass is 371 g/mol. The van der Waals surface area contributed by atoms with Gasteiger partial charge in [0.2, 0.25) is 11.8 Å². The fourth-order valence-electron chi connectivity index (χ4n) is 3.94. The highest BCUT2D eigenvalue weighted by atomic mass is 16.2. The second-order valence-corrected chi connectivity index (χ2v) is 7.74. The molecule has 2 heterocycles. The first-order valence-corrected chi connectivity index (χ1v) is 9.89. The van der Waals surface area contributed by atoms with Crippen LogP contribution in [0.2, 0.25) is 0 Å². The number of hydrogen-bond donors (Lipinski definition) is 1. The second kappa shape index (κ2) is 8.55. The van der Waals surface area contributed by atoms with E-state index in [4.69, 9.17) is 0 Å². The summed E-state index contributed by atoms with van der Waals surface area (Å²) in [5, 5.41) is 2.77. The van der Waals surface area contributed by atoms with E-state index in [1.54, 1.807) is 6.07 Å². The van der Waals surface area contributed by atoms with Crippen molar-refractivity contribution in [3.8, 4) is 0 Å². The zero-order chi connectivity index (χ0) is 19.4. The molecule has 2 saturated heterocycles. The molecule has 0 saturated carbocycles. The molecule has 0 atom stereocenters. The number of amides is 3. The van der Waals surface area contributed by atoms with Crippen molar-refractivity contribution in [2.45, 2.75) is 46.0 Å². The number of carbonyl (C=O) groups is 3. The lowest BCUT2D eigenvalue weighted by molar-refractivity contribution is -0.131. The molecule has 2 aliphatic heterocycles. The van der Waals surface area contributed by atoms with E-state index >= 15 is 0 Å². The third-order valence-corrected chi connectivity index (χ3v) is 5.62.